The Bertz CT molecular complexity index is 1030. The highest BCUT2D eigenvalue weighted by Crippen LogP contribution is 2.32. The summed E-state index contributed by atoms with van der Waals surface area (Å²) in [4.78, 5) is 37.5. The number of fused-ring (bicyclic) bond motifs is 1. The molecule has 1 amide bonds. The SMILES string of the molecule is C=C/N=C\N=C(/C)Nc1cc(Cl)c2n(c1=O)C(C)(c1cccnc1)NC2=O. The molecule has 0 spiro atoms. The summed E-state index contributed by atoms with van der Waals surface area (Å²) in [6.45, 7) is 6.85. The van der Waals surface area contributed by atoms with Crippen molar-refractivity contribution in [1.29, 1.82) is 0 Å². The van der Waals surface area contributed by atoms with Crippen molar-refractivity contribution < 1.29 is 4.79 Å². The summed E-state index contributed by atoms with van der Waals surface area (Å²) in [6, 6.07) is 4.92. The molecule has 2 aromatic heterocycles. The van der Waals surface area contributed by atoms with E-state index in [1.165, 1.54) is 23.2 Å². The Labute approximate surface area is 160 Å². The Balaban J connectivity index is 2.14. The second-order valence-electron chi connectivity index (χ2n) is 5.95. The van der Waals surface area contributed by atoms with Crippen molar-refractivity contribution in [2.24, 2.45) is 9.98 Å². The summed E-state index contributed by atoms with van der Waals surface area (Å²) >= 11 is 6.31. The van der Waals surface area contributed by atoms with Gasteiger partial charge in [-0.05, 0) is 26.0 Å². The molecular weight excluding hydrogens is 368 g/mol. The fourth-order valence-electron chi connectivity index (χ4n) is 2.89. The zero-order chi connectivity index (χ0) is 19.6. The van der Waals surface area contributed by atoms with E-state index in [-0.39, 0.29) is 16.4 Å². The van der Waals surface area contributed by atoms with Crippen LogP contribution in [0.15, 0.2) is 58.2 Å². The number of hydrogen-bond donors (Lipinski definition) is 2. The van der Waals surface area contributed by atoms with E-state index in [0.717, 1.165) is 0 Å². The van der Waals surface area contributed by atoms with Gasteiger partial charge in [0.25, 0.3) is 11.5 Å². The molecule has 0 radical (unpaired) electrons. The molecule has 138 valence electrons. The number of nitrogens with one attached hydrogen (secondary N) is 2. The molecule has 3 heterocycles. The minimum atomic E-state index is -1.12. The first-order valence-electron chi connectivity index (χ1n) is 8.01. The van der Waals surface area contributed by atoms with Crippen LogP contribution in [0.25, 0.3) is 0 Å². The largest absolute Gasteiger partial charge is 0.339 e. The van der Waals surface area contributed by atoms with Gasteiger partial charge in [0.05, 0.1) is 5.02 Å². The maximum absolute atomic E-state index is 13.1. The molecule has 0 aromatic carbocycles. The molecule has 1 atom stereocenters. The van der Waals surface area contributed by atoms with E-state index in [9.17, 15) is 9.59 Å². The number of aliphatic imine (C=N–C) groups is 2. The summed E-state index contributed by atoms with van der Waals surface area (Å²) in [5, 5.41) is 5.87. The first kappa shape index (κ1) is 18.5. The molecule has 0 saturated carbocycles. The fraction of sp³-hybridized carbons (Fsp3) is 0.167. The number of hydrogen-bond acceptors (Lipinski definition) is 4. The third-order valence-electron chi connectivity index (χ3n) is 4.14. The summed E-state index contributed by atoms with van der Waals surface area (Å²) in [5.74, 6) is -0.00631. The van der Waals surface area contributed by atoms with Crippen LogP contribution in [0.3, 0.4) is 0 Å². The van der Waals surface area contributed by atoms with Gasteiger partial charge in [-0.1, -0.05) is 24.2 Å². The van der Waals surface area contributed by atoms with Gasteiger partial charge in [0.2, 0.25) is 0 Å². The van der Waals surface area contributed by atoms with Crippen molar-refractivity contribution in [3.05, 3.63) is 70.0 Å². The number of rotatable bonds is 4. The van der Waals surface area contributed by atoms with Crippen molar-refractivity contribution >= 4 is 35.4 Å². The average Bonchev–Trinajstić information content (AvgIpc) is 2.93. The van der Waals surface area contributed by atoms with Gasteiger partial charge < -0.3 is 10.6 Å². The summed E-state index contributed by atoms with van der Waals surface area (Å²) in [6.07, 6.45) is 5.85. The topological polar surface area (TPSA) is 101 Å². The number of nitrogens with zero attached hydrogens (tertiary/aromatic N) is 4. The van der Waals surface area contributed by atoms with Gasteiger partial charge in [-0.2, -0.15) is 0 Å². The zero-order valence-electron chi connectivity index (χ0n) is 14.7. The van der Waals surface area contributed by atoms with Gasteiger partial charge in [0.1, 0.15) is 29.2 Å². The number of pyridine rings is 2. The number of amidine groups is 1. The molecule has 27 heavy (non-hydrogen) atoms. The molecule has 0 fully saturated rings. The van der Waals surface area contributed by atoms with Crippen molar-refractivity contribution in [3.8, 4) is 0 Å². The first-order valence-corrected chi connectivity index (χ1v) is 8.39. The van der Waals surface area contributed by atoms with Gasteiger partial charge in [-0.3, -0.25) is 19.1 Å². The minimum absolute atomic E-state index is 0.0985. The van der Waals surface area contributed by atoms with E-state index in [1.54, 1.807) is 38.4 Å². The van der Waals surface area contributed by atoms with Crippen LogP contribution < -0.4 is 16.2 Å². The summed E-state index contributed by atoms with van der Waals surface area (Å²) < 4.78 is 1.34. The normalized spacial score (nSPS) is 19.1. The second-order valence-corrected chi connectivity index (χ2v) is 6.36. The molecule has 8 nitrogen and oxygen atoms in total. The van der Waals surface area contributed by atoms with Crippen LogP contribution in [0, 0.1) is 0 Å². The maximum atomic E-state index is 13.1. The van der Waals surface area contributed by atoms with Crippen LogP contribution in [-0.4, -0.2) is 27.6 Å². The molecular formula is C18H17ClN6O2. The fourth-order valence-corrected chi connectivity index (χ4v) is 3.17. The number of aromatic nitrogens is 2. The van der Waals surface area contributed by atoms with Crippen LogP contribution in [-0.2, 0) is 5.66 Å². The standard InChI is InChI=1S/C18H17ClN6O2/c1-4-20-10-22-11(2)23-14-8-13(19)15-16(26)24-18(3,25(15)17(14)27)12-6-5-7-21-9-12/h4-10H,1H2,2-3H3,(H,24,26)(H,20,22,23). The molecule has 3 rings (SSSR count). The molecule has 1 unspecified atom stereocenters. The predicted octanol–water partition coefficient (Wildman–Crippen LogP) is 2.36. The van der Waals surface area contributed by atoms with Crippen LogP contribution >= 0.6 is 11.6 Å². The maximum Gasteiger partial charge on any atom is 0.277 e. The van der Waals surface area contributed by atoms with E-state index < -0.39 is 17.1 Å². The Morgan fingerprint density at radius 3 is 2.93 bits per heavy atom. The van der Waals surface area contributed by atoms with Crippen LogP contribution in [0.2, 0.25) is 5.02 Å². The quantitative estimate of drug-likeness (QED) is 0.624. The van der Waals surface area contributed by atoms with E-state index in [0.29, 0.717) is 11.4 Å². The number of carbonyl (C=O) groups is 1. The minimum Gasteiger partial charge on any atom is -0.339 e. The molecule has 1 aliphatic rings. The molecule has 0 aliphatic carbocycles. The number of amides is 1. The van der Waals surface area contributed by atoms with Gasteiger partial charge in [-0.15, -0.1) is 0 Å². The van der Waals surface area contributed by atoms with E-state index in [4.69, 9.17) is 11.6 Å². The van der Waals surface area contributed by atoms with Crippen LogP contribution in [0.1, 0.15) is 29.9 Å². The van der Waals surface area contributed by atoms with Crippen molar-refractivity contribution in [2.45, 2.75) is 19.5 Å². The smallest absolute Gasteiger partial charge is 0.277 e. The lowest BCUT2D eigenvalue weighted by Crippen LogP contribution is -2.46. The van der Waals surface area contributed by atoms with Crippen molar-refractivity contribution in [1.82, 2.24) is 14.9 Å². The molecule has 2 aromatic rings. The average molecular weight is 385 g/mol. The van der Waals surface area contributed by atoms with Crippen molar-refractivity contribution in [2.75, 3.05) is 5.32 Å². The molecule has 0 saturated heterocycles. The lowest BCUT2D eigenvalue weighted by molar-refractivity contribution is 0.0941. The van der Waals surface area contributed by atoms with Crippen molar-refractivity contribution in [3.63, 3.8) is 0 Å². The molecule has 2 N–H and O–H groups in total. The number of carbonyl (C=O) groups excluding carboxylic acids is 1. The Kier molecular flexibility index (Phi) is 4.91. The third kappa shape index (κ3) is 3.26. The highest BCUT2D eigenvalue weighted by molar-refractivity contribution is 6.34. The Hall–Kier alpha value is -3.26. The van der Waals surface area contributed by atoms with E-state index >= 15 is 0 Å². The Morgan fingerprint density at radius 2 is 2.26 bits per heavy atom. The van der Waals surface area contributed by atoms with Gasteiger partial charge in [0.15, 0.2) is 0 Å². The van der Waals surface area contributed by atoms with E-state index in [2.05, 4.69) is 32.2 Å². The van der Waals surface area contributed by atoms with E-state index in [1.807, 2.05) is 0 Å². The molecule has 0 bridgehead atoms. The molecule has 9 heteroatoms. The summed E-state index contributed by atoms with van der Waals surface area (Å²) in [7, 11) is 0. The molecule has 1 aliphatic heterocycles. The number of halogens is 1. The monoisotopic (exact) mass is 384 g/mol. The van der Waals surface area contributed by atoms with Crippen LogP contribution in [0.5, 0.6) is 0 Å². The van der Waals surface area contributed by atoms with Gasteiger partial charge >= 0.3 is 0 Å². The number of anilines is 1. The van der Waals surface area contributed by atoms with Gasteiger partial charge in [-0.25, -0.2) is 9.98 Å². The van der Waals surface area contributed by atoms with Crippen LogP contribution in [0.4, 0.5) is 5.69 Å². The highest BCUT2D eigenvalue weighted by Gasteiger charge is 2.43. The lowest BCUT2D eigenvalue weighted by Gasteiger charge is -2.27. The predicted molar refractivity (Wildman–Crippen MR) is 106 cm³/mol. The highest BCUT2D eigenvalue weighted by atomic mass is 35.5. The second kappa shape index (κ2) is 7.16. The lowest BCUT2D eigenvalue weighted by atomic mass is 10.0. The third-order valence-corrected chi connectivity index (χ3v) is 4.42. The zero-order valence-corrected chi connectivity index (χ0v) is 15.5. The summed E-state index contributed by atoms with van der Waals surface area (Å²) in [5.41, 5.74) is -0.607. The Morgan fingerprint density at radius 1 is 1.48 bits per heavy atom. The first-order chi connectivity index (χ1) is 12.9. The van der Waals surface area contributed by atoms with Gasteiger partial charge in [0, 0.05) is 24.2 Å².